The third kappa shape index (κ3) is 9.14. The van der Waals surface area contributed by atoms with Crippen LogP contribution in [-0.4, -0.2) is 51.6 Å². The van der Waals surface area contributed by atoms with Crippen LogP contribution in [0.2, 0.25) is 0 Å². The van der Waals surface area contributed by atoms with Crippen LogP contribution in [0.4, 0.5) is 0 Å². The molecule has 0 saturated carbocycles. The second-order valence-corrected chi connectivity index (χ2v) is 2.57. The number of aliphatic hydroxyl groups is 4. The predicted molar refractivity (Wildman–Crippen MR) is 46.0 cm³/mol. The number of carbonyl (C=O) groups excluding carboxylic acids is 1. The molecular weight excluding hydrogens is 192 g/mol. The van der Waals surface area contributed by atoms with Gasteiger partial charge < -0.3 is 30.3 Å². The second kappa shape index (κ2) is 8.64. The Morgan fingerprint density at radius 1 is 1.50 bits per heavy atom. The average Bonchev–Trinajstić information content (AvgIpc) is 2.13. The summed E-state index contributed by atoms with van der Waals surface area (Å²) in [6.45, 7) is 3.73. The van der Waals surface area contributed by atoms with Crippen molar-refractivity contribution in [1.29, 1.82) is 0 Å². The predicted octanol–water partition coefficient (Wildman–Crippen LogP) is -2.86. The van der Waals surface area contributed by atoms with Gasteiger partial charge >= 0.3 is 0 Å². The largest absolute Gasteiger partial charge is 0.876 e. The third-order valence-electron chi connectivity index (χ3n) is 1.07. The van der Waals surface area contributed by atoms with Crippen molar-refractivity contribution in [2.24, 2.45) is 0 Å². The van der Waals surface area contributed by atoms with Gasteiger partial charge in [0.15, 0.2) is 6.29 Å². The molecule has 0 aliphatic carbocycles. The van der Waals surface area contributed by atoms with Gasteiger partial charge in [0.2, 0.25) is 0 Å². The van der Waals surface area contributed by atoms with E-state index in [1.165, 1.54) is 6.92 Å². The zero-order valence-electron chi connectivity index (χ0n) is 7.83. The zero-order valence-corrected chi connectivity index (χ0v) is 7.83. The number of rotatable bonds is 4. The maximum Gasteiger partial charge on any atom is 0.151 e. The van der Waals surface area contributed by atoms with Gasteiger partial charge in [-0.3, -0.25) is 0 Å². The van der Waals surface area contributed by atoms with Gasteiger partial charge in [0, 0.05) is 0 Å². The summed E-state index contributed by atoms with van der Waals surface area (Å²) in [7, 11) is 0. The monoisotopic (exact) mass is 207 g/mol. The summed E-state index contributed by atoms with van der Waals surface area (Å²) >= 11 is 0. The molecule has 0 aliphatic rings. The first-order valence-electron chi connectivity index (χ1n) is 3.79. The third-order valence-corrected chi connectivity index (χ3v) is 1.07. The fraction of sp³-hybridized carbons (Fsp3) is 0.625. The van der Waals surface area contributed by atoms with Crippen LogP contribution in [0.25, 0.3) is 0 Å². The van der Waals surface area contributed by atoms with Gasteiger partial charge in [0.05, 0.1) is 6.61 Å². The summed E-state index contributed by atoms with van der Waals surface area (Å²) in [6, 6.07) is 0. The topological polar surface area (TPSA) is 121 Å². The van der Waals surface area contributed by atoms with Crippen molar-refractivity contribution in [3.8, 4) is 0 Å². The molecule has 0 bridgehead atoms. The van der Waals surface area contributed by atoms with Gasteiger partial charge in [-0.2, -0.15) is 0 Å². The van der Waals surface area contributed by atoms with E-state index in [0.29, 0.717) is 0 Å². The highest BCUT2D eigenvalue weighted by Gasteiger charge is 2.22. The molecule has 0 aliphatic heterocycles. The lowest BCUT2D eigenvalue weighted by Crippen LogP contribution is -2.40. The first-order chi connectivity index (χ1) is 6.36. The Kier molecular flexibility index (Phi) is 9.58. The van der Waals surface area contributed by atoms with E-state index in [0.717, 1.165) is 0 Å². The van der Waals surface area contributed by atoms with Crippen molar-refractivity contribution in [2.45, 2.75) is 25.2 Å². The molecule has 14 heavy (non-hydrogen) atoms. The van der Waals surface area contributed by atoms with Gasteiger partial charge in [0.25, 0.3) is 0 Å². The fourth-order valence-electron chi connectivity index (χ4n) is 0.416. The lowest BCUT2D eigenvalue weighted by atomic mass is 10.1. The number of aliphatic hydroxyl groups excluding tert-OH is 4. The molecular formula is C8H15O6-. The van der Waals surface area contributed by atoms with Crippen molar-refractivity contribution in [3.63, 3.8) is 0 Å². The standard InChI is InChI=1S/C5H10O5.C3H6O/c6-1-3(8)5(10)4(9)2-7;1-3(2)4/h1,3-5,7-10H,2H2;4H,1H2,2H3/p-1/t3-,4+,5-;/m0./s1. The molecule has 0 unspecified atom stereocenters. The highest BCUT2D eigenvalue weighted by atomic mass is 16.4. The molecule has 0 amide bonds. The molecule has 0 saturated heterocycles. The van der Waals surface area contributed by atoms with E-state index in [-0.39, 0.29) is 12.0 Å². The van der Waals surface area contributed by atoms with E-state index in [2.05, 4.69) is 6.58 Å². The highest BCUT2D eigenvalue weighted by molar-refractivity contribution is 5.56. The van der Waals surface area contributed by atoms with E-state index < -0.39 is 24.9 Å². The quantitative estimate of drug-likeness (QED) is 0.290. The molecule has 0 spiro atoms. The fourth-order valence-corrected chi connectivity index (χ4v) is 0.416. The second-order valence-electron chi connectivity index (χ2n) is 2.57. The van der Waals surface area contributed by atoms with E-state index in [1.807, 2.05) is 0 Å². The van der Waals surface area contributed by atoms with Crippen LogP contribution in [-0.2, 0) is 4.79 Å². The minimum Gasteiger partial charge on any atom is -0.876 e. The Labute approximate surface area is 81.7 Å². The van der Waals surface area contributed by atoms with Gasteiger partial charge in [-0.05, 0) is 0 Å². The van der Waals surface area contributed by atoms with Crippen LogP contribution in [0, 0.1) is 0 Å². The van der Waals surface area contributed by atoms with Gasteiger partial charge in [-0.15, -0.1) is 12.3 Å². The molecule has 6 nitrogen and oxygen atoms in total. The van der Waals surface area contributed by atoms with Crippen LogP contribution in [0.3, 0.4) is 0 Å². The van der Waals surface area contributed by atoms with Crippen LogP contribution < -0.4 is 5.11 Å². The van der Waals surface area contributed by atoms with Gasteiger partial charge in [-0.25, -0.2) is 0 Å². The number of allylic oxidation sites excluding steroid dienone is 1. The minimum atomic E-state index is -1.64. The van der Waals surface area contributed by atoms with Crippen molar-refractivity contribution in [2.75, 3.05) is 6.61 Å². The number of aldehydes is 1. The normalized spacial score (nSPS) is 15.8. The molecule has 6 heteroatoms. The Hall–Kier alpha value is -0.950. The minimum absolute atomic E-state index is 0.0833. The number of hydrogen-bond acceptors (Lipinski definition) is 6. The maximum absolute atomic E-state index is 9.76. The average molecular weight is 207 g/mol. The Morgan fingerprint density at radius 2 is 1.86 bits per heavy atom. The number of hydrogen-bond donors (Lipinski definition) is 4. The maximum atomic E-state index is 9.76. The molecule has 0 rings (SSSR count). The summed E-state index contributed by atoms with van der Waals surface area (Å²) in [5.74, 6) is -0.0833. The van der Waals surface area contributed by atoms with Crippen molar-refractivity contribution in [3.05, 3.63) is 12.3 Å². The molecule has 0 heterocycles. The molecule has 84 valence electrons. The van der Waals surface area contributed by atoms with Crippen LogP contribution >= 0.6 is 0 Å². The molecule has 0 fully saturated rings. The van der Waals surface area contributed by atoms with Gasteiger partial charge in [0.1, 0.15) is 18.3 Å². The Bertz CT molecular complexity index is 165. The van der Waals surface area contributed by atoms with E-state index in [4.69, 9.17) is 20.4 Å². The molecule has 0 aromatic carbocycles. The summed E-state index contributed by atoms with van der Waals surface area (Å²) in [5.41, 5.74) is 0. The van der Waals surface area contributed by atoms with Crippen molar-refractivity contribution < 1.29 is 30.3 Å². The summed E-state index contributed by atoms with van der Waals surface area (Å²) in [4.78, 5) is 9.76. The highest BCUT2D eigenvalue weighted by Crippen LogP contribution is 1.96. The molecule has 3 atom stereocenters. The first kappa shape index (κ1) is 15.5. The van der Waals surface area contributed by atoms with Crippen LogP contribution in [0.15, 0.2) is 12.3 Å². The molecule has 0 aromatic heterocycles. The lowest BCUT2D eigenvalue weighted by Gasteiger charge is -2.16. The Morgan fingerprint density at radius 3 is 2.07 bits per heavy atom. The summed E-state index contributed by atoms with van der Waals surface area (Å²) in [5, 5.41) is 43.4. The van der Waals surface area contributed by atoms with Gasteiger partial charge in [-0.1, -0.05) is 6.92 Å². The summed E-state index contributed by atoms with van der Waals surface area (Å²) in [6.07, 6.45) is -4.63. The molecule has 4 N–H and O–H groups in total. The first-order valence-corrected chi connectivity index (χ1v) is 3.79. The smallest absolute Gasteiger partial charge is 0.151 e. The number of carbonyl (C=O) groups is 1. The van der Waals surface area contributed by atoms with Crippen molar-refractivity contribution >= 4 is 6.29 Å². The molecule has 0 aromatic rings. The zero-order chi connectivity index (χ0) is 11.7. The van der Waals surface area contributed by atoms with E-state index >= 15 is 0 Å². The van der Waals surface area contributed by atoms with Crippen molar-refractivity contribution in [1.82, 2.24) is 0 Å². The summed E-state index contributed by atoms with van der Waals surface area (Å²) < 4.78 is 0. The van der Waals surface area contributed by atoms with Crippen LogP contribution in [0.5, 0.6) is 0 Å². The molecule has 0 radical (unpaired) electrons. The Balaban J connectivity index is 0. The van der Waals surface area contributed by atoms with Crippen LogP contribution in [0.1, 0.15) is 6.92 Å². The van der Waals surface area contributed by atoms with E-state index in [1.54, 1.807) is 0 Å². The van der Waals surface area contributed by atoms with E-state index in [9.17, 15) is 9.90 Å². The lowest BCUT2D eigenvalue weighted by molar-refractivity contribution is -0.300. The SMILES string of the molecule is C=C(C)[O-].O=C[C@H](O)[C@H](O)[C@H](O)CO.